The van der Waals surface area contributed by atoms with Crippen LogP contribution < -0.4 is 5.32 Å². The number of halogens is 1. The Morgan fingerprint density at radius 2 is 2.16 bits per heavy atom. The molecule has 1 fully saturated rings. The Kier molecular flexibility index (Phi) is 4.71. The lowest BCUT2D eigenvalue weighted by Crippen LogP contribution is -2.51. The van der Waals surface area contributed by atoms with Gasteiger partial charge in [0.2, 0.25) is 0 Å². The monoisotopic (exact) mass is 344 g/mol. The highest BCUT2D eigenvalue weighted by atomic mass is 79.9. The van der Waals surface area contributed by atoms with E-state index in [0.717, 1.165) is 10.2 Å². The predicted octanol–water partition coefficient (Wildman–Crippen LogP) is 2.48. The Bertz CT molecular complexity index is 498. The fourth-order valence-corrected chi connectivity index (χ4v) is 3.22. The van der Waals surface area contributed by atoms with E-state index in [1.54, 1.807) is 23.9 Å². The molecule has 1 atom stereocenters. The minimum Gasteiger partial charge on any atom is -0.480 e. The fourth-order valence-electron chi connectivity index (χ4n) is 1.80. The SMILES string of the molecule is O=C(O)C1CSCCN1C(=O)Nc1ccccc1Br. The number of hydrogen-bond acceptors (Lipinski definition) is 3. The molecule has 1 aromatic rings. The van der Waals surface area contributed by atoms with Crippen molar-refractivity contribution >= 4 is 45.4 Å². The number of thioether (sulfide) groups is 1. The van der Waals surface area contributed by atoms with Crippen LogP contribution in [0.1, 0.15) is 0 Å². The number of benzene rings is 1. The highest BCUT2D eigenvalue weighted by Gasteiger charge is 2.32. The quantitative estimate of drug-likeness (QED) is 0.864. The maximum Gasteiger partial charge on any atom is 0.327 e. The molecule has 1 saturated heterocycles. The number of amides is 2. The van der Waals surface area contributed by atoms with Crippen LogP contribution in [0.4, 0.5) is 10.5 Å². The second kappa shape index (κ2) is 6.29. The minimum atomic E-state index is -0.963. The summed E-state index contributed by atoms with van der Waals surface area (Å²) in [6.07, 6.45) is 0. The van der Waals surface area contributed by atoms with E-state index >= 15 is 0 Å². The summed E-state index contributed by atoms with van der Waals surface area (Å²) in [5, 5.41) is 11.9. The second-order valence-electron chi connectivity index (χ2n) is 4.03. The number of carboxylic acid groups (broad SMARTS) is 1. The van der Waals surface area contributed by atoms with Gasteiger partial charge in [0, 0.05) is 22.5 Å². The second-order valence-corrected chi connectivity index (χ2v) is 6.04. The number of aliphatic carboxylic acids is 1. The Balaban J connectivity index is 2.10. The van der Waals surface area contributed by atoms with Gasteiger partial charge in [-0.25, -0.2) is 9.59 Å². The fraction of sp³-hybridized carbons (Fsp3) is 0.333. The third kappa shape index (κ3) is 3.42. The Labute approximate surface area is 123 Å². The molecule has 102 valence electrons. The van der Waals surface area contributed by atoms with E-state index in [9.17, 15) is 9.59 Å². The molecule has 19 heavy (non-hydrogen) atoms. The Morgan fingerprint density at radius 3 is 2.84 bits per heavy atom. The standard InChI is InChI=1S/C12H13BrN2O3S/c13-8-3-1-2-4-9(8)14-12(18)15-5-6-19-7-10(15)11(16)17/h1-4,10H,5-7H2,(H,14,18)(H,16,17). The molecule has 0 saturated carbocycles. The van der Waals surface area contributed by atoms with Crippen LogP contribution in [0, 0.1) is 0 Å². The van der Waals surface area contributed by atoms with E-state index < -0.39 is 12.0 Å². The van der Waals surface area contributed by atoms with Crippen LogP contribution in [-0.2, 0) is 4.79 Å². The van der Waals surface area contributed by atoms with Crippen LogP contribution in [-0.4, -0.2) is 46.1 Å². The summed E-state index contributed by atoms with van der Waals surface area (Å²) in [4.78, 5) is 24.7. The largest absolute Gasteiger partial charge is 0.480 e. The molecule has 0 bridgehead atoms. The normalized spacial score (nSPS) is 19.0. The minimum absolute atomic E-state index is 0.375. The van der Waals surface area contributed by atoms with Gasteiger partial charge in [-0.2, -0.15) is 11.8 Å². The number of anilines is 1. The molecule has 1 aliphatic heterocycles. The van der Waals surface area contributed by atoms with Gasteiger partial charge in [-0.15, -0.1) is 0 Å². The molecule has 1 aromatic carbocycles. The molecule has 1 heterocycles. The van der Waals surface area contributed by atoms with Crippen LogP contribution in [0.25, 0.3) is 0 Å². The van der Waals surface area contributed by atoms with Crippen LogP contribution in [0.5, 0.6) is 0 Å². The van der Waals surface area contributed by atoms with Crippen molar-refractivity contribution in [3.63, 3.8) is 0 Å². The predicted molar refractivity (Wildman–Crippen MR) is 78.6 cm³/mol. The Hall–Kier alpha value is -1.21. The van der Waals surface area contributed by atoms with E-state index in [1.807, 2.05) is 12.1 Å². The number of hydrogen-bond donors (Lipinski definition) is 2. The Morgan fingerprint density at radius 1 is 1.42 bits per heavy atom. The number of para-hydroxylation sites is 1. The van der Waals surface area contributed by atoms with Crippen LogP contribution in [0.2, 0.25) is 0 Å². The molecule has 0 radical (unpaired) electrons. The zero-order valence-electron chi connectivity index (χ0n) is 10.0. The third-order valence-electron chi connectivity index (χ3n) is 2.79. The molecule has 0 aromatic heterocycles. The summed E-state index contributed by atoms with van der Waals surface area (Å²) in [6.45, 7) is 0.442. The van der Waals surface area contributed by atoms with E-state index in [1.165, 1.54) is 4.90 Å². The number of urea groups is 1. The van der Waals surface area contributed by atoms with Crippen LogP contribution >= 0.6 is 27.7 Å². The van der Waals surface area contributed by atoms with Crippen LogP contribution in [0.15, 0.2) is 28.7 Å². The molecule has 0 aliphatic carbocycles. The lowest BCUT2D eigenvalue weighted by Gasteiger charge is -2.32. The van der Waals surface area contributed by atoms with Gasteiger partial charge in [0.1, 0.15) is 6.04 Å². The van der Waals surface area contributed by atoms with Gasteiger partial charge in [0.15, 0.2) is 0 Å². The van der Waals surface area contributed by atoms with E-state index in [0.29, 0.717) is 18.0 Å². The highest BCUT2D eigenvalue weighted by Crippen LogP contribution is 2.23. The van der Waals surface area contributed by atoms with Crippen molar-refractivity contribution in [1.82, 2.24) is 4.90 Å². The first-order valence-corrected chi connectivity index (χ1v) is 7.67. The van der Waals surface area contributed by atoms with Gasteiger partial charge < -0.3 is 15.3 Å². The lowest BCUT2D eigenvalue weighted by molar-refractivity contribution is -0.141. The molecule has 2 rings (SSSR count). The zero-order valence-corrected chi connectivity index (χ0v) is 12.4. The maximum atomic E-state index is 12.2. The van der Waals surface area contributed by atoms with Crippen molar-refractivity contribution in [2.45, 2.75) is 6.04 Å². The first kappa shape index (κ1) is 14.2. The van der Waals surface area contributed by atoms with Crippen molar-refractivity contribution < 1.29 is 14.7 Å². The number of carbonyl (C=O) groups is 2. The molecular weight excluding hydrogens is 332 g/mol. The van der Waals surface area contributed by atoms with Crippen molar-refractivity contribution in [2.75, 3.05) is 23.4 Å². The molecule has 5 nitrogen and oxygen atoms in total. The van der Waals surface area contributed by atoms with Gasteiger partial charge >= 0.3 is 12.0 Å². The molecule has 2 amide bonds. The number of carbonyl (C=O) groups excluding carboxylic acids is 1. The number of nitrogens with one attached hydrogen (secondary N) is 1. The third-order valence-corrected chi connectivity index (χ3v) is 4.50. The zero-order chi connectivity index (χ0) is 13.8. The maximum absolute atomic E-state index is 12.2. The molecule has 1 aliphatic rings. The van der Waals surface area contributed by atoms with E-state index in [2.05, 4.69) is 21.2 Å². The van der Waals surface area contributed by atoms with Gasteiger partial charge in [0.25, 0.3) is 0 Å². The number of carboxylic acids is 1. The number of rotatable bonds is 2. The molecule has 7 heteroatoms. The van der Waals surface area contributed by atoms with Gasteiger partial charge in [-0.1, -0.05) is 12.1 Å². The van der Waals surface area contributed by atoms with Gasteiger partial charge in [0.05, 0.1) is 5.69 Å². The summed E-state index contributed by atoms with van der Waals surface area (Å²) in [5.41, 5.74) is 0.634. The number of nitrogens with zero attached hydrogens (tertiary/aromatic N) is 1. The van der Waals surface area contributed by atoms with Crippen molar-refractivity contribution in [3.8, 4) is 0 Å². The van der Waals surface area contributed by atoms with Crippen LogP contribution in [0.3, 0.4) is 0 Å². The van der Waals surface area contributed by atoms with Crippen molar-refractivity contribution in [3.05, 3.63) is 28.7 Å². The van der Waals surface area contributed by atoms with E-state index in [-0.39, 0.29) is 6.03 Å². The lowest BCUT2D eigenvalue weighted by atomic mass is 10.3. The van der Waals surface area contributed by atoms with E-state index in [4.69, 9.17) is 5.11 Å². The molecule has 0 spiro atoms. The summed E-state index contributed by atoms with van der Waals surface area (Å²) in [6, 6.07) is 6.09. The first-order chi connectivity index (χ1) is 9.09. The van der Waals surface area contributed by atoms with Gasteiger partial charge in [-0.05, 0) is 28.1 Å². The van der Waals surface area contributed by atoms with Crippen molar-refractivity contribution in [1.29, 1.82) is 0 Å². The average Bonchev–Trinajstić information content (AvgIpc) is 2.41. The molecular formula is C12H13BrN2O3S. The molecule has 2 N–H and O–H groups in total. The molecule has 1 unspecified atom stereocenters. The topological polar surface area (TPSA) is 69.6 Å². The summed E-state index contributed by atoms with van der Waals surface area (Å²) >= 11 is 4.89. The summed E-state index contributed by atoms with van der Waals surface area (Å²) in [7, 11) is 0. The average molecular weight is 345 g/mol. The van der Waals surface area contributed by atoms with Gasteiger partial charge in [-0.3, -0.25) is 0 Å². The van der Waals surface area contributed by atoms with Crippen molar-refractivity contribution in [2.24, 2.45) is 0 Å². The summed E-state index contributed by atoms with van der Waals surface area (Å²) < 4.78 is 0.765. The first-order valence-electron chi connectivity index (χ1n) is 5.72. The smallest absolute Gasteiger partial charge is 0.327 e. The summed E-state index contributed by atoms with van der Waals surface area (Å²) in [5.74, 6) is 0.223. The highest BCUT2D eigenvalue weighted by molar-refractivity contribution is 9.10.